The van der Waals surface area contributed by atoms with Crippen molar-refractivity contribution in [2.45, 2.75) is 32.3 Å². The molecule has 0 unspecified atom stereocenters. The second-order valence-electron chi connectivity index (χ2n) is 5.29. The molecule has 0 saturated carbocycles. The van der Waals surface area contributed by atoms with Crippen LogP contribution in [0.3, 0.4) is 0 Å². The number of rotatable bonds is 3. The molecule has 4 heteroatoms. The molecule has 0 spiro atoms. The molecule has 1 aromatic carbocycles. The van der Waals surface area contributed by atoms with Crippen molar-refractivity contribution >= 4 is 17.7 Å². The molecule has 3 nitrogen and oxygen atoms in total. The van der Waals surface area contributed by atoms with Crippen molar-refractivity contribution < 1.29 is 9.90 Å². The summed E-state index contributed by atoms with van der Waals surface area (Å²) >= 11 is 1.86. The Balaban J connectivity index is 2.01. The Morgan fingerprint density at radius 2 is 1.89 bits per heavy atom. The second-order valence-corrected chi connectivity index (χ2v) is 6.51. The maximum Gasteiger partial charge on any atom is 0.251 e. The second kappa shape index (κ2) is 5.97. The Hall–Kier alpha value is -1.00. The molecule has 1 heterocycles. The van der Waals surface area contributed by atoms with E-state index in [4.69, 9.17) is 0 Å². The first-order valence-electron chi connectivity index (χ1n) is 6.66. The van der Waals surface area contributed by atoms with Gasteiger partial charge in [0.15, 0.2) is 0 Å². The highest BCUT2D eigenvalue weighted by Gasteiger charge is 2.30. The highest BCUT2D eigenvalue weighted by atomic mass is 32.2. The van der Waals surface area contributed by atoms with E-state index in [-0.39, 0.29) is 5.91 Å². The topological polar surface area (TPSA) is 49.3 Å². The first-order valence-corrected chi connectivity index (χ1v) is 7.82. The largest absolute Gasteiger partial charge is 0.388 e. The summed E-state index contributed by atoms with van der Waals surface area (Å²) < 4.78 is 0. The monoisotopic (exact) mass is 279 g/mol. The number of carbonyl (C=O) groups excluding carboxylic acids is 1. The molecule has 0 bridgehead atoms. The van der Waals surface area contributed by atoms with Gasteiger partial charge in [0.05, 0.1) is 5.60 Å². The Kier molecular flexibility index (Phi) is 4.53. The number of nitrogens with one attached hydrogen (secondary N) is 1. The summed E-state index contributed by atoms with van der Waals surface area (Å²) in [6.07, 6.45) is 1.51. The Morgan fingerprint density at radius 3 is 2.47 bits per heavy atom. The van der Waals surface area contributed by atoms with Crippen molar-refractivity contribution in [3.8, 4) is 0 Å². The summed E-state index contributed by atoms with van der Waals surface area (Å²) in [5, 5.41) is 13.3. The number of amides is 1. The molecule has 0 radical (unpaired) electrons. The molecular weight excluding hydrogens is 258 g/mol. The van der Waals surface area contributed by atoms with Crippen LogP contribution in [0, 0.1) is 13.8 Å². The van der Waals surface area contributed by atoms with Crippen LogP contribution in [-0.4, -0.2) is 34.7 Å². The molecule has 2 rings (SSSR count). The van der Waals surface area contributed by atoms with Crippen LogP contribution in [0.25, 0.3) is 0 Å². The molecule has 1 aromatic rings. The fourth-order valence-corrected chi connectivity index (χ4v) is 3.69. The third kappa shape index (κ3) is 3.51. The maximum atomic E-state index is 12.2. The van der Waals surface area contributed by atoms with Crippen LogP contribution < -0.4 is 5.32 Å². The molecule has 1 fully saturated rings. The summed E-state index contributed by atoms with van der Waals surface area (Å²) in [5.41, 5.74) is 1.96. The van der Waals surface area contributed by atoms with E-state index in [0.29, 0.717) is 6.54 Å². The van der Waals surface area contributed by atoms with Gasteiger partial charge in [0.25, 0.3) is 5.91 Å². The minimum absolute atomic E-state index is 0.0812. The quantitative estimate of drug-likeness (QED) is 0.892. The van der Waals surface area contributed by atoms with Crippen molar-refractivity contribution in [2.75, 3.05) is 18.1 Å². The number of benzene rings is 1. The summed E-state index contributed by atoms with van der Waals surface area (Å²) in [7, 11) is 0. The zero-order chi connectivity index (χ0) is 13.9. The van der Waals surface area contributed by atoms with Crippen molar-refractivity contribution in [3.63, 3.8) is 0 Å². The van der Waals surface area contributed by atoms with Gasteiger partial charge < -0.3 is 10.4 Å². The van der Waals surface area contributed by atoms with E-state index in [1.54, 1.807) is 0 Å². The van der Waals surface area contributed by atoms with Gasteiger partial charge in [-0.3, -0.25) is 4.79 Å². The van der Waals surface area contributed by atoms with Crippen LogP contribution in [0.2, 0.25) is 0 Å². The smallest absolute Gasteiger partial charge is 0.251 e. The average Bonchev–Trinajstić information content (AvgIpc) is 2.37. The number of aryl methyl sites for hydroxylation is 2. The predicted octanol–water partition coefficient (Wildman–Crippen LogP) is 2.29. The minimum atomic E-state index is -0.725. The van der Waals surface area contributed by atoms with Crippen LogP contribution in [0.1, 0.15) is 34.3 Å². The Morgan fingerprint density at radius 1 is 1.32 bits per heavy atom. The van der Waals surface area contributed by atoms with Gasteiger partial charge in [-0.2, -0.15) is 11.8 Å². The number of thioether (sulfide) groups is 1. The van der Waals surface area contributed by atoms with Gasteiger partial charge >= 0.3 is 0 Å². The number of hydrogen-bond donors (Lipinski definition) is 2. The van der Waals surface area contributed by atoms with Gasteiger partial charge in [-0.25, -0.2) is 0 Å². The highest BCUT2D eigenvalue weighted by Crippen LogP contribution is 2.26. The van der Waals surface area contributed by atoms with E-state index >= 15 is 0 Å². The van der Waals surface area contributed by atoms with E-state index in [9.17, 15) is 9.90 Å². The fourth-order valence-electron chi connectivity index (χ4n) is 2.43. The molecule has 19 heavy (non-hydrogen) atoms. The molecule has 0 aromatic heterocycles. The van der Waals surface area contributed by atoms with Crippen LogP contribution >= 0.6 is 11.8 Å². The average molecular weight is 279 g/mol. The zero-order valence-electron chi connectivity index (χ0n) is 11.5. The summed E-state index contributed by atoms with van der Waals surface area (Å²) in [5.74, 6) is 1.85. The molecule has 1 aliphatic heterocycles. The van der Waals surface area contributed by atoms with E-state index in [2.05, 4.69) is 5.32 Å². The number of aliphatic hydroxyl groups is 1. The van der Waals surface area contributed by atoms with Crippen LogP contribution in [0.5, 0.6) is 0 Å². The highest BCUT2D eigenvalue weighted by molar-refractivity contribution is 7.99. The van der Waals surface area contributed by atoms with Gasteiger partial charge in [0.2, 0.25) is 0 Å². The predicted molar refractivity (Wildman–Crippen MR) is 79.8 cm³/mol. The van der Waals surface area contributed by atoms with Crippen LogP contribution in [0.4, 0.5) is 0 Å². The lowest BCUT2D eigenvalue weighted by Gasteiger charge is -2.31. The van der Waals surface area contributed by atoms with Gasteiger partial charge in [-0.1, -0.05) is 18.2 Å². The van der Waals surface area contributed by atoms with Crippen molar-refractivity contribution in [3.05, 3.63) is 34.9 Å². The zero-order valence-corrected chi connectivity index (χ0v) is 12.3. The normalized spacial score (nSPS) is 18.1. The molecule has 0 atom stereocenters. The SMILES string of the molecule is Cc1cccc(C)c1C(=O)NCC1(O)CCSCC1. The van der Waals surface area contributed by atoms with Crippen molar-refractivity contribution in [1.82, 2.24) is 5.32 Å². The Labute approximate surface area is 118 Å². The standard InChI is InChI=1S/C15H21NO2S/c1-11-4-3-5-12(2)13(11)14(17)16-10-15(18)6-8-19-9-7-15/h3-5,18H,6-10H2,1-2H3,(H,16,17). The first-order chi connectivity index (χ1) is 9.02. The first kappa shape index (κ1) is 14.4. The van der Waals surface area contributed by atoms with E-state index in [1.165, 1.54) is 0 Å². The third-order valence-electron chi connectivity index (χ3n) is 3.71. The Bertz CT molecular complexity index is 447. The summed E-state index contributed by atoms with van der Waals surface area (Å²) in [6.45, 7) is 4.22. The summed E-state index contributed by atoms with van der Waals surface area (Å²) in [6, 6.07) is 5.83. The number of carbonyl (C=O) groups is 1. The van der Waals surface area contributed by atoms with Crippen molar-refractivity contribution in [1.29, 1.82) is 0 Å². The lowest BCUT2D eigenvalue weighted by molar-refractivity contribution is 0.0311. The van der Waals surface area contributed by atoms with Gasteiger partial charge in [-0.05, 0) is 49.3 Å². The van der Waals surface area contributed by atoms with Crippen LogP contribution in [0.15, 0.2) is 18.2 Å². The van der Waals surface area contributed by atoms with Gasteiger partial charge in [0.1, 0.15) is 0 Å². The molecule has 2 N–H and O–H groups in total. The molecule has 1 aliphatic rings. The van der Waals surface area contributed by atoms with E-state index in [1.807, 2.05) is 43.8 Å². The lowest BCUT2D eigenvalue weighted by atomic mass is 9.96. The molecule has 1 saturated heterocycles. The lowest BCUT2D eigenvalue weighted by Crippen LogP contribution is -2.45. The molecule has 0 aliphatic carbocycles. The number of hydrogen-bond acceptors (Lipinski definition) is 3. The minimum Gasteiger partial charge on any atom is -0.388 e. The van der Waals surface area contributed by atoms with E-state index < -0.39 is 5.60 Å². The third-order valence-corrected chi connectivity index (χ3v) is 4.70. The fraction of sp³-hybridized carbons (Fsp3) is 0.533. The van der Waals surface area contributed by atoms with Gasteiger partial charge in [-0.15, -0.1) is 0 Å². The molecular formula is C15H21NO2S. The molecule has 1 amide bonds. The summed E-state index contributed by atoms with van der Waals surface area (Å²) in [4.78, 5) is 12.2. The molecule has 104 valence electrons. The van der Waals surface area contributed by atoms with Crippen molar-refractivity contribution in [2.24, 2.45) is 0 Å². The maximum absolute atomic E-state index is 12.2. The van der Waals surface area contributed by atoms with Gasteiger partial charge in [0, 0.05) is 12.1 Å². The van der Waals surface area contributed by atoms with Crippen LogP contribution in [-0.2, 0) is 0 Å². The van der Waals surface area contributed by atoms with E-state index in [0.717, 1.165) is 41.0 Å².